The summed E-state index contributed by atoms with van der Waals surface area (Å²) in [6, 6.07) is 20.3. The van der Waals surface area contributed by atoms with E-state index in [-0.39, 0.29) is 37.3 Å². The smallest absolute Gasteiger partial charge is 0.408 e. The summed E-state index contributed by atoms with van der Waals surface area (Å²) < 4.78 is 45.1. The lowest BCUT2D eigenvalue weighted by Gasteiger charge is -2.34. The van der Waals surface area contributed by atoms with E-state index >= 15 is 0 Å². The van der Waals surface area contributed by atoms with Crippen molar-refractivity contribution in [2.45, 2.75) is 64.3 Å². The molecule has 3 aromatic rings. The van der Waals surface area contributed by atoms with Gasteiger partial charge in [-0.2, -0.15) is 4.31 Å². The van der Waals surface area contributed by atoms with Gasteiger partial charge in [-0.05, 0) is 34.6 Å². The van der Waals surface area contributed by atoms with Gasteiger partial charge < -0.3 is 30.0 Å². The zero-order chi connectivity index (χ0) is 33.5. The molecule has 0 saturated heterocycles. The third-order valence-corrected chi connectivity index (χ3v) is 9.21. The molecule has 0 saturated carbocycles. The largest absolute Gasteiger partial charge is 0.454 e. The van der Waals surface area contributed by atoms with Crippen LogP contribution >= 0.6 is 0 Å². The maximum atomic E-state index is 13.9. The Labute approximate surface area is 270 Å². The standard InChI is InChI=1S/C34H43N3O8S/c1-23(2)19-37(46(41,42)26-16-17-28-29(18-26)45-22-44-28)20-27(38)30(25-14-10-7-11-15-25)35-32(39)31(34(3,4)5)36-33(40)43-21-24-12-8-6-9-13-24/h6-18,23,27,30-31,38H,19-22H2,1-5H3,(H,35,39)(H,36,40)/t27-,30?,31-/m1/s1. The van der Waals surface area contributed by atoms with Gasteiger partial charge in [0.2, 0.25) is 22.7 Å². The molecule has 3 atom stereocenters. The second-order valence-corrected chi connectivity index (χ2v) is 14.6. The number of fused-ring (bicyclic) bond motifs is 1. The molecule has 0 radical (unpaired) electrons. The molecule has 1 unspecified atom stereocenters. The number of alkyl carbamates (subject to hydrolysis) is 1. The van der Waals surface area contributed by atoms with Crippen LogP contribution in [-0.2, 0) is 26.2 Å². The highest BCUT2D eigenvalue weighted by Crippen LogP contribution is 2.35. The van der Waals surface area contributed by atoms with Gasteiger partial charge in [0.25, 0.3) is 0 Å². The molecule has 46 heavy (non-hydrogen) atoms. The summed E-state index contributed by atoms with van der Waals surface area (Å²) in [7, 11) is -4.09. The summed E-state index contributed by atoms with van der Waals surface area (Å²) in [6.45, 7) is 8.97. The van der Waals surface area contributed by atoms with E-state index in [1.54, 1.807) is 51.1 Å². The molecule has 1 aliphatic rings. The minimum Gasteiger partial charge on any atom is -0.454 e. The van der Waals surface area contributed by atoms with Gasteiger partial charge in [0.1, 0.15) is 12.6 Å². The summed E-state index contributed by atoms with van der Waals surface area (Å²) in [4.78, 5) is 26.6. The molecule has 3 N–H and O–H groups in total. The van der Waals surface area contributed by atoms with E-state index in [0.717, 1.165) is 5.56 Å². The van der Waals surface area contributed by atoms with E-state index in [0.29, 0.717) is 17.1 Å². The van der Waals surface area contributed by atoms with Gasteiger partial charge in [0.05, 0.1) is 17.0 Å². The number of rotatable bonds is 13. The highest BCUT2D eigenvalue weighted by Gasteiger charge is 2.37. The Morgan fingerprint density at radius 1 is 0.913 bits per heavy atom. The number of carbonyl (C=O) groups is 2. The van der Waals surface area contributed by atoms with E-state index < -0.39 is 45.6 Å². The maximum absolute atomic E-state index is 13.9. The first-order valence-corrected chi connectivity index (χ1v) is 16.6. The van der Waals surface area contributed by atoms with E-state index in [9.17, 15) is 23.1 Å². The molecule has 4 rings (SSSR count). The van der Waals surface area contributed by atoms with Crippen molar-refractivity contribution >= 4 is 22.0 Å². The fourth-order valence-electron chi connectivity index (χ4n) is 5.04. The first-order chi connectivity index (χ1) is 21.8. The number of carbonyl (C=O) groups excluding carboxylic acids is 2. The van der Waals surface area contributed by atoms with Gasteiger partial charge in [-0.25, -0.2) is 13.2 Å². The Hall–Kier alpha value is -4.13. The molecule has 0 aliphatic carbocycles. The predicted molar refractivity (Wildman–Crippen MR) is 172 cm³/mol. The molecule has 0 fully saturated rings. The lowest BCUT2D eigenvalue weighted by atomic mass is 9.85. The van der Waals surface area contributed by atoms with Gasteiger partial charge >= 0.3 is 6.09 Å². The Kier molecular flexibility index (Phi) is 11.3. The number of ether oxygens (including phenoxy) is 3. The Morgan fingerprint density at radius 2 is 1.54 bits per heavy atom. The van der Waals surface area contributed by atoms with Crippen LogP contribution in [0.3, 0.4) is 0 Å². The average Bonchev–Trinajstić information content (AvgIpc) is 3.49. The number of nitrogens with zero attached hydrogens (tertiary/aromatic N) is 1. The first kappa shape index (κ1) is 34.7. The summed E-state index contributed by atoms with van der Waals surface area (Å²) in [6.07, 6.45) is -2.13. The first-order valence-electron chi connectivity index (χ1n) is 15.2. The number of aliphatic hydroxyl groups is 1. The molecule has 0 bridgehead atoms. The van der Waals surface area contributed by atoms with Crippen LogP contribution in [0.15, 0.2) is 83.8 Å². The maximum Gasteiger partial charge on any atom is 0.408 e. The number of hydrogen-bond donors (Lipinski definition) is 3. The van der Waals surface area contributed by atoms with Crippen molar-refractivity contribution in [3.8, 4) is 11.5 Å². The Morgan fingerprint density at radius 3 is 2.17 bits per heavy atom. The van der Waals surface area contributed by atoms with Crippen LogP contribution < -0.4 is 20.1 Å². The molecule has 248 valence electrons. The molecule has 1 heterocycles. The van der Waals surface area contributed by atoms with Crippen molar-refractivity contribution in [3.05, 3.63) is 90.0 Å². The molecule has 0 spiro atoms. The molecule has 11 nitrogen and oxygen atoms in total. The molecule has 1 aliphatic heterocycles. The number of nitrogens with one attached hydrogen (secondary N) is 2. The SMILES string of the molecule is CC(C)CN(C[C@@H](O)C(NC(=O)[C@@H](NC(=O)OCc1ccccc1)C(C)(C)C)c1ccccc1)S(=O)(=O)c1ccc2c(c1)OCO2. The molecular weight excluding hydrogens is 610 g/mol. The van der Waals surface area contributed by atoms with Crippen molar-refractivity contribution in [2.24, 2.45) is 11.3 Å². The van der Waals surface area contributed by atoms with Gasteiger partial charge in [0, 0.05) is 19.2 Å². The monoisotopic (exact) mass is 653 g/mol. The van der Waals surface area contributed by atoms with Gasteiger partial charge in [0.15, 0.2) is 11.5 Å². The lowest BCUT2D eigenvalue weighted by Crippen LogP contribution is -2.56. The Balaban J connectivity index is 1.56. The lowest BCUT2D eigenvalue weighted by molar-refractivity contribution is -0.127. The van der Waals surface area contributed by atoms with Crippen LogP contribution in [0.1, 0.15) is 51.8 Å². The minimum atomic E-state index is -4.09. The normalized spacial score (nSPS) is 14.9. The summed E-state index contributed by atoms with van der Waals surface area (Å²) in [5.41, 5.74) is 0.616. The number of aliphatic hydroxyl groups excluding tert-OH is 1. The number of benzene rings is 3. The summed E-state index contributed by atoms with van der Waals surface area (Å²) >= 11 is 0. The molecule has 3 aromatic carbocycles. The van der Waals surface area contributed by atoms with Crippen LogP contribution in [0, 0.1) is 11.3 Å². The fraction of sp³-hybridized carbons (Fsp3) is 0.412. The quantitative estimate of drug-likeness (QED) is 0.243. The van der Waals surface area contributed by atoms with Crippen molar-refractivity contribution in [1.29, 1.82) is 0 Å². The van der Waals surface area contributed by atoms with E-state index in [1.807, 2.05) is 44.2 Å². The molecular formula is C34H43N3O8S. The second-order valence-electron chi connectivity index (χ2n) is 12.7. The molecule has 2 amide bonds. The second kappa shape index (κ2) is 15.0. The van der Waals surface area contributed by atoms with Gasteiger partial charge in [-0.15, -0.1) is 0 Å². The third-order valence-electron chi connectivity index (χ3n) is 7.39. The van der Waals surface area contributed by atoms with Crippen molar-refractivity contribution in [3.63, 3.8) is 0 Å². The number of amides is 2. The predicted octanol–water partition coefficient (Wildman–Crippen LogP) is 4.62. The van der Waals surface area contributed by atoms with E-state index in [2.05, 4.69) is 10.6 Å². The number of sulfonamides is 1. The zero-order valence-corrected chi connectivity index (χ0v) is 27.6. The molecule has 12 heteroatoms. The van der Waals surface area contributed by atoms with Crippen LogP contribution in [0.2, 0.25) is 0 Å². The Bertz CT molecular complexity index is 1580. The zero-order valence-electron chi connectivity index (χ0n) is 26.8. The van der Waals surface area contributed by atoms with Crippen molar-refractivity contribution < 1.29 is 37.3 Å². The number of hydrogen-bond acceptors (Lipinski definition) is 8. The fourth-order valence-corrected chi connectivity index (χ4v) is 6.67. The van der Waals surface area contributed by atoms with Crippen LogP contribution in [0.25, 0.3) is 0 Å². The highest BCUT2D eigenvalue weighted by atomic mass is 32.2. The van der Waals surface area contributed by atoms with E-state index in [1.165, 1.54) is 22.5 Å². The van der Waals surface area contributed by atoms with Gasteiger partial charge in [-0.1, -0.05) is 95.3 Å². The molecule has 0 aromatic heterocycles. The average molecular weight is 654 g/mol. The summed E-state index contributed by atoms with van der Waals surface area (Å²) in [5, 5.41) is 17.2. The minimum absolute atomic E-state index is 0.000869. The van der Waals surface area contributed by atoms with Crippen LogP contribution in [0.5, 0.6) is 11.5 Å². The highest BCUT2D eigenvalue weighted by molar-refractivity contribution is 7.89. The van der Waals surface area contributed by atoms with E-state index in [4.69, 9.17) is 14.2 Å². The van der Waals surface area contributed by atoms with Crippen LogP contribution in [0.4, 0.5) is 4.79 Å². The van der Waals surface area contributed by atoms with Gasteiger partial charge in [-0.3, -0.25) is 4.79 Å². The van der Waals surface area contributed by atoms with Crippen molar-refractivity contribution in [1.82, 2.24) is 14.9 Å². The third kappa shape index (κ3) is 8.99. The van der Waals surface area contributed by atoms with Crippen LogP contribution in [-0.4, -0.2) is 61.9 Å². The topological polar surface area (TPSA) is 143 Å². The summed E-state index contributed by atoms with van der Waals surface area (Å²) in [5.74, 6) is 0.138. The van der Waals surface area contributed by atoms with Crippen molar-refractivity contribution in [2.75, 3.05) is 19.9 Å².